The van der Waals surface area contributed by atoms with Gasteiger partial charge in [-0.2, -0.15) is 0 Å². The molecule has 0 saturated heterocycles. The molecule has 1 aliphatic rings. The van der Waals surface area contributed by atoms with Crippen molar-refractivity contribution >= 4 is 10.0 Å². The molecule has 0 aromatic carbocycles. The molecular weight excluding hydrogens is 252 g/mol. The molecule has 0 radical (unpaired) electrons. The monoisotopic (exact) mass is 270 g/mol. The van der Waals surface area contributed by atoms with Gasteiger partial charge in [0.15, 0.2) is 0 Å². The van der Waals surface area contributed by atoms with Crippen LogP contribution >= 0.6 is 0 Å². The third kappa shape index (κ3) is 2.49. The van der Waals surface area contributed by atoms with Gasteiger partial charge >= 0.3 is 0 Å². The van der Waals surface area contributed by atoms with Crippen molar-refractivity contribution in [3.05, 3.63) is 28.7 Å². The minimum absolute atomic E-state index is 0.0780. The average molecular weight is 270 g/mol. The van der Waals surface area contributed by atoms with Gasteiger partial charge in [-0.3, -0.25) is 4.79 Å². The molecule has 2 N–H and O–H groups in total. The summed E-state index contributed by atoms with van der Waals surface area (Å²) in [6, 6.07) is 1.21. The SMILES string of the molecule is CC(C)C1(CNS(=O)(=O)c2c[nH]ccc2=O)CC1. The number of pyridine rings is 1. The minimum Gasteiger partial charge on any atom is -0.366 e. The van der Waals surface area contributed by atoms with Crippen molar-refractivity contribution in [2.24, 2.45) is 11.3 Å². The average Bonchev–Trinajstić information content (AvgIpc) is 3.08. The van der Waals surface area contributed by atoms with E-state index in [0.717, 1.165) is 12.8 Å². The highest BCUT2D eigenvalue weighted by Gasteiger charge is 2.45. The molecule has 100 valence electrons. The summed E-state index contributed by atoms with van der Waals surface area (Å²) in [6.45, 7) is 4.59. The van der Waals surface area contributed by atoms with E-state index in [1.54, 1.807) is 0 Å². The Hall–Kier alpha value is -1.14. The lowest BCUT2D eigenvalue weighted by Gasteiger charge is -2.19. The Bertz CT molecular complexity index is 585. The molecule has 1 saturated carbocycles. The first-order valence-electron chi connectivity index (χ1n) is 6.04. The number of aromatic nitrogens is 1. The summed E-state index contributed by atoms with van der Waals surface area (Å²) in [4.78, 5) is 13.9. The zero-order valence-electron chi connectivity index (χ0n) is 10.6. The third-order valence-corrected chi connectivity index (χ3v) is 5.23. The van der Waals surface area contributed by atoms with Crippen LogP contribution in [0, 0.1) is 11.3 Å². The first kappa shape index (κ1) is 13.3. The summed E-state index contributed by atoms with van der Waals surface area (Å²) in [5.41, 5.74) is -0.412. The normalized spacial score (nSPS) is 17.9. The predicted molar refractivity (Wildman–Crippen MR) is 68.8 cm³/mol. The molecule has 6 heteroatoms. The van der Waals surface area contributed by atoms with E-state index in [2.05, 4.69) is 23.6 Å². The smallest absolute Gasteiger partial charge is 0.245 e. The van der Waals surface area contributed by atoms with E-state index in [1.807, 2.05) is 0 Å². The fraction of sp³-hybridized carbons (Fsp3) is 0.583. The summed E-state index contributed by atoms with van der Waals surface area (Å²) in [5.74, 6) is 0.439. The molecule has 0 aliphatic heterocycles. The fourth-order valence-corrected chi connectivity index (χ4v) is 3.24. The van der Waals surface area contributed by atoms with Gasteiger partial charge in [0.25, 0.3) is 0 Å². The van der Waals surface area contributed by atoms with Crippen LogP contribution in [0.15, 0.2) is 28.2 Å². The van der Waals surface area contributed by atoms with Gasteiger partial charge in [0, 0.05) is 25.0 Å². The van der Waals surface area contributed by atoms with Crippen molar-refractivity contribution < 1.29 is 8.42 Å². The molecule has 1 aliphatic carbocycles. The van der Waals surface area contributed by atoms with Gasteiger partial charge < -0.3 is 4.98 Å². The molecule has 2 rings (SSSR count). The van der Waals surface area contributed by atoms with Crippen LogP contribution in [0.1, 0.15) is 26.7 Å². The van der Waals surface area contributed by atoms with Crippen LogP contribution in [0.5, 0.6) is 0 Å². The molecule has 0 amide bonds. The van der Waals surface area contributed by atoms with Crippen LogP contribution in [0.25, 0.3) is 0 Å². The number of sulfonamides is 1. The quantitative estimate of drug-likeness (QED) is 0.840. The minimum atomic E-state index is -3.71. The van der Waals surface area contributed by atoms with Gasteiger partial charge in [-0.15, -0.1) is 0 Å². The summed E-state index contributed by atoms with van der Waals surface area (Å²) in [7, 11) is -3.71. The van der Waals surface area contributed by atoms with E-state index in [1.165, 1.54) is 18.5 Å². The Balaban J connectivity index is 2.15. The summed E-state index contributed by atoms with van der Waals surface area (Å²) in [5, 5.41) is 0. The zero-order valence-corrected chi connectivity index (χ0v) is 11.4. The van der Waals surface area contributed by atoms with Crippen molar-refractivity contribution in [3.63, 3.8) is 0 Å². The molecule has 1 aromatic heterocycles. The van der Waals surface area contributed by atoms with Gasteiger partial charge in [-0.05, 0) is 24.2 Å². The maximum Gasteiger partial charge on any atom is 0.245 e. The van der Waals surface area contributed by atoms with Gasteiger partial charge in [-0.1, -0.05) is 13.8 Å². The van der Waals surface area contributed by atoms with E-state index in [9.17, 15) is 13.2 Å². The molecule has 5 nitrogen and oxygen atoms in total. The summed E-state index contributed by atoms with van der Waals surface area (Å²) < 4.78 is 26.6. The second kappa shape index (κ2) is 4.51. The first-order valence-corrected chi connectivity index (χ1v) is 7.52. The molecule has 0 spiro atoms. The molecule has 1 heterocycles. The fourth-order valence-electron chi connectivity index (χ4n) is 2.05. The van der Waals surface area contributed by atoms with Gasteiger partial charge in [0.1, 0.15) is 4.90 Å². The Morgan fingerprint density at radius 2 is 2.11 bits per heavy atom. The third-order valence-electron chi connectivity index (χ3n) is 3.81. The van der Waals surface area contributed by atoms with Crippen molar-refractivity contribution in [3.8, 4) is 0 Å². The van der Waals surface area contributed by atoms with Crippen molar-refractivity contribution in [2.75, 3.05) is 6.54 Å². The maximum atomic E-state index is 12.0. The van der Waals surface area contributed by atoms with Crippen LogP contribution in [-0.2, 0) is 10.0 Å². The van der Waals surface area contributed by atoms with Crippen molar-refractivity contribution in [1.29, 1.82) is 0 Å². The van der Waals surface area contributed by atoms with E-state index in [4.69, 9.17) is 0 Å². The van der Waals surface area contributed by atoms with E-state index in [0.29, 0.717) is 12.5 Å². The van der Waals surface area contributed by atoms with Gasteiger partial charge in [0.05, 0.1) is 0 Å². The second-order valence-corrected chi connectivity index (χ2v) is 6.95. The highest BCUT2D eigenvalue weighted by molar-refractivity contribution is 7.89. The number of hydrogen-bond acceptors (Lipinski definition) is 3. The number of hydrogen-bond donors (Lipinski definition) is 2. The number of H-pyrrole nitrogens is 1. The molecule has 0 bridgehead atoms. The van der Waals surface area contributed by atoms with E-state index < -0.39 is 15.5 Å². The van der Waals surface area contributed by atoms with Crippen LogP contribution in [-0.4, -0.2) is 19.9 Å². The van der Waals surface area contributed by atoms with Crippen LogP contribution < -0.4 is 10.2 Å². The van der Waals surface area contributed by atoms with E-state index in [-0.39, 0.29) is 10.3 Å². The Labute approximate surface area is 107 Å². The lowest BCUT2D eigenvalue weighted by molar-refractivity contribution is 0.357. The Morgan fingerprint density at radius 1 is 1.44 bits per heavy atom. The highest BCUT2D eigenvalue weighted by Crippen LogP contribution is 2.51. The van der Waals surface area contributed by atoms with Crippen molar-refractivity contribution in [1.82, 2.24) is 9.71 Å². The molecule has 18 heavy (non-hydrogen) atoms. The second-order valence-electron chi connectivity index (χ2n) is 5.21. The predicted octanol–water partition coefficient (Wildman–Crippen LogP) is 1.09. The maximum absolute atomic E-state index is 12.0. The van der Waals surface area contributed by atoms with E-state index >= 15 is 0 Å². The van der Waals surface area contributed by atoms with Gasteiger partial charge in [-0.25, -0.2) is 13.1 Å². The highest BCUT2D eigenvalue weighted by atomic mass is 32.2. The number of rotatable bonds is 5. The Kier molecular flexibility index (Phi) is 3.33. The summed E-state index contributed by atoms with van der Waals surface area (Å²) >= 11 is 0. The Morgan fingerprint density at radius 3 is 2.61 bits per heavy atom. The topological polar surface area (TPSA) is 79.0 Å². The molecular formula is C12H18N2O3S. The van der Waals surface area contributed by atoms with Gasteiger partial charge in [0.2, 0.25) is 15.5 Å². The molecule has 1 aromatic rings. The standard InChI is InChI=1S/C12H18N2O3S/c1-9(2)12(4-5-12)8-14-18(16,17)11-7-13-6-3-10(11)15/h3,6-7,9,14H,4-5,8H2,1-2H3,(H,13,15). The number of nitrogens with one attached hydrogen (secondary N) is 2. The largest absolute Gasteiger partial charge is 0.366 e. The van der Waals surface area contributed by atoms with Crippen LogP contribution in [0.3, 0.4) is 0 Å². The first-order chi connectivity index (χ1) is 8.37. The summed E-state index contributed by atoms with van der Waals surface area (Å²) in [6.07, 6.45) is 4.72. The zero-order chi connectivity index (χ0) is 13.4. The lowest BCUT2D eigenvalue weighted by Crippen LogP contribution is -2.34. The molecule has 0 atom stereocenters. The lowest BCUT2D eigenvalue weighted by atomic mass is 9.93. The van der Waals surface area contributed by atoms with Crippen LogP contribution in [0.4, 0.5) is 0 Å². The van der Waals surface area contributed by atoms with Crippen LogP contribution in [0.2, 0.25) is 0 Å². The molecule has 0 unspecified atom stereocenters. The number of aromatic amines is 1. The molecule has 1 fully saturated rings. The van der Waals surface area contributed by atoms with Crippen molar-refractivity contribution in [2.45, 2.75) is 31.6 Å².